The Morgan fingerprint density at radius 2 is 1.82 bits per heavy atom. The Kier molecular flexibility index (Phi) is 5.15. The lowest BCUT2D eigenvalue weighted by molar-refractivity contribution is 0.171. The predicted molar refractivity (Wildman–Crippen MR) is 82.2 cm³/mol. The molecule has 0 saturated carbocycles. The zero-order chi connectivity index (χ0) is 16.2. The number of carbonyl (C=O) groups excluding carboxylic acids is 1. The Morgan fingerprint density at radius 3 is 2.36 bits per heavy atom. The van der Waals surface area contributed by atoms with E-state index in [0.717, 1.165) is 18.4 Å². The summed E-state index contributed by atoms with van der Waals surface area (Å²) in [4.78, 5) is 11.2. The highest BCUT2D eigenvalue weighted by Gasteiger charge is 2.26. The van der Waals surface area contributed by atoms with Crippen LogP contribution in [0.3, 0.4) is 0 Å². The minimum Gasteiger partial charge on any atom is -0.452 e. The monoisotopic (exact) mass is 325 g/mol. The van der Waals surface area contributed by atoms with E-state index in [4.69, 9.17) is 0 Å². The molecule has 0 unspecified atom stereocenters. The van der Waals surface area contributed by atoms with Crippen LogP contribution in [-0.4, -0.2) is 44.7 Å². The maximum atomic E-state index is 12.4. The molecule has 1 heterocycles. The molecule has 0 aromatic heterocycles. The number of rotatable bonds is 4. The number of amides is 1. The van der Waals surface area contributed by atoms with Crippen molar-refractivity contribution in [1.82, 2.24) is 9.73 Å². The molecule has 120 valence electrons. The second-order valence-electron chi connectivity index (χ2n) is 4.94. The lowest BCUT2D eigenvalue weighted by atomic mass is 10.1. The van der Waals surface area contributed by atoms with Gasteiger partial charge in [-0.25, -0.2) is 18.6 Å². The van der Waals surface area contributed by atoms with Gasteiger partial charge in [-0.15, -0.1) is 0 Å². The molecule has 1 aromatic rings. The zero-order valence-corrected chi connectivity index (χ0v) is 13.4. The van der Waals surface area contributed by atoms with Crippen molar-refractivity contribution in [3.8, 4) is 0 Å². The number of nitrogens with one attached hydrogen (secondary N) is 1. The van der Waals surface area contributed by atoms with E-state index >= 15 is 0 Å². The number of ether oxygens (including phenoxy) is 1. The van der Waals surface area contributed by atoms with E-state index in [-0.39, 0.29) is 4.90 Å². The van der Waals surface area contributed by atoms with Crippen LogP contribution in [0.5, 0.6) is 0 Å². The zero-order valence-electron chi connectivity index (χ0n) is 12.6. The van der Waals surface area contributed by atoms with Crippen molar-refractivity contribution in [2.24, 2.45) is 5.10 Å². The molecule has 0 radical (unpaired) electrons. The van der Waals surface area contributed by atoms with E-state index in [1.807, 2.05) is 0 Å². The first kappa shape index (κ1) is 16.4. The van der Waals surface area contributed by atoms with Crippen LogP contribution in [0.2, 0.25) is 0 Å². The van der Waals surface area contributed by atoms with Crippen molar-refractivity contribution < 1.29 is 17.9 Å². The van der Waals surface area contributed by atoms with Gasteiger partial charge in [0.15, 0.2) is 0 Å². The molecule has 1 fully saturated rings. The van der Waals surface area contributed by atoms with Crippen molar-refractivity contribution in [2.75, 3.05) is 20.2 Å². The maximum Gasteiger partial charge on any atom is 0.427 e. The first-order valence-electron chi connectivity index (χ1n) is 6.94. The molecule has 1 N–H and O–H groups in total. The highest BCUT2D eigenvalue weighted by molar-refractivity contribution is 7.89. The number of hydrazone groups is 1. The topological polar surface area (TPSA) is 88.1 Å². The van der Waals surface area contributed by atoms with Gasteiger partial charge >= 0.3 is 6.09 Å². The Bertz CT molecular complexity index is 662. The van der Waals surface area contributed by atoms with E-state index in [2.05, 4.69) is 15.3 Å². The summed E-state index contributed by atoms with van der Waals surface area (Å²) in [5, 5.41) is 3.87. The Morgan fingerprint density at radius 1 is 1.23 bits per heavy atom. The third-order valence-corrected chi connectivity index (χ3v) is 5.39. The molecular formula is C14H19N3O4S. The third-order valence-electron chi connectivity index (χ3n) is 3.48. The SMILES string of the molecule is COC(=O)NN=C(C)c1ccc(S(=O)(=O)N2CCCC2)cc1. The fourth-order valence-electron chi connectivity index (χ4n) is 2.19. The number of carbonyl (C=O) groups is 1. The summed E-state index contributed by atoms with van der Waals surface area (Å²) in [7, 11) is -2.16. The standard InChI is InChI=1S/C14H19N3O4S/c1-11(15-16-14(18)21-2)12-5-7-13(8-6-12)22(19,20)17-9-3-4-10-17/h5-8H,3-4,9-10H2,1-2H3,(H,16,18). The van der Waals surface area contributed by atoms with Crippen molar-refractivity contribution in [3.05, 3.63) is 29.8 Å². The van der Waals surface area contributed by atoms with Gasteiger partial charge in [0.25, 0.3) is 0 Å². The van der Waals surface area contributed by atoms with E-state index in [1.165, 1.54) is 11.4 Å². The normalized spacial score (nSPS) is 16.5. The Hall–Kier alpha value is -1.93. The summed E-state index contributed by atoms with van der Waals surface area (Å²) >= 11 is 0. The number of benzene rings is 1. The lowest BCUT2D eigenvalue weighted by Crippen LogP contribution is -2.27. The van der Waals surface area contributed by atoms with Crippen LogP contribution in [0.25, 0.3) is 0 Å². The number of hydrogen-bond acceptors (Lipinski definition) is 5. The molecule has 22 heavy (non-hydrogen) atoms. The van der Waals surface area contributed by atoms with Crippen LogP contribution in [0.4, 0.5) is 4.79 Å². The maximum absolute atomic E-state index is 12.4. The van der Waals surface area contributed by atoms with Gasteiger partial charge in [-0.2, -0.15) is 9.41 Å². The van der Waals surface area contributed by atoms with Gasteiger partial charge in [0.1, 0.15) is 0 Å². The molecule has 1 aromatic carbocycles. The fraction of sp³-hybridized carbons (Fsp3) is 0.429. The number of nitrogens with zero attached hydrogens (tertiary/aromatic N) is 2. The Labute approximate surface area is 130 Å². The van der Waals surface area contributed by atoms with Crippen LogP contribution in [0.15, 0.2) is 34.3 Å². The van der Waals surface area contributed by atoms with Gasteiger partial charge in [0.05, 0.1) is 17.7 Å². The molecule has 1 saturated heterocycles. The highest BCUT2D eigenvalue weighted by atomic mass is 32.2. The summed E-state index contributed by atoms with van der Waals surface area (Å²) in [6.45, 7) is 2.86. The van der Waals surface area contributed by atoms with Crippen LogP contribution < -0.4 is 5.43 Å². The Balaban J connectivity index is 2.14. The predicted octanol–water partition coefficient (Wildman–Crippen LogP) is 1.55. The van der Waals surface area contributed by atoms with E-state index < -0.39 is 16.1 Å². The quantitative estimate of drug-likeness (QED) is 0.672. The van der Waals surface area contributed by atoms with Crippen LogP contribution in [0.1, 0.15) is 25.3 Å². The average Bonchev–Trinajstić information content (AvgIpc) is 3.07. The van der Waals surface area contributed by atoms with Gasteiger partial charge in [-0.3, -0.25) is 0 Å². The molecule has 1 amide bonds. The molecule has 0 spiro atoms. The van der Waals surface area contributed by atoms with Crippen molar-refractivity contribution in [3.63, 3.8) is 0 Å². The van der Waals surface area contributed by atoms with Gasteiger partial charge < -0.3 is 4.74 Å². The van der Waals surface area contributed by atoms with Crippen molar-refractivity contribution in [2.45, 2.75) is 24.7 Å². The van der Waals surface area contributed by atoms with Gasteiger partial charge in [-0.05, 0) is 37.5 Å². The van der Waals surface area contributed by atoms with E-state index in [1.54, 1.807) is 31.2 Å². The van der Waals surface area contributed by atoms with Crippen LogP contribution >= 0.6 is 0 Å². The van der Waals surface area contributed by atoms with Crippen LogP contribution in [-0.2, 0) is 14.8 Å². The highest BCUT2D eigenvalue weighted by Crippen LogP contribution is 2.21. The van der Waals surface area contributed by atoms with Crippen molar-refractivity contribution >= 4 is 21.8 Å². The van der Waals surface area contributed by atoms with E-state index in [9.17, 15) is 13.2 Å². The first-order chi connectivity index (χ1) is 10.4. The number of methoxy groups -OCH3 is 1. The molecule has 8 heteroatoms. The summed E-state index contributed by atoms with van der Waals surface area (Å²) in [6, 6.07) is 6.45. The molecule has 1 aliphatic heterocycles. The van der Waals surface area contributed by atoms with Crippen molar-refractivity contribution in [1.29, 1.82) is 0 Å². The third kappa shape index (κ3) is 3.63. The summed E-state index contributed by atoms with van der Waals surface area (Å²) in [5.74, 6) is 0. The van der Waals surface area contributed by atoms with Gasteiger partial charge in [0.2, 0.25) is 10.0 Å². The molecular weight excluding hydrogens is 306 g/mol. The average molecular weight is 325 g/mol. The second-order valence-corrected chi connectivity index (χ2v) is 6.87. The first-order valence-corrected chi connectivity index (χ1v) is 8.38. The number of hydrogen-bond donors (Lipinski definition) is 1. The minimum absolute atomic E-state index is 0.270. The second kappa shape index (κ2) is 6.89. The number of sulfonamides is 1. The van der Waals surface area contributed by atoms with Gasteiger partial charge in [-0.1, -0.05) is 12.1 Å². The summed E-state index contributed by atoms with van der Waals surface area (Å²) < 4.78 is 30.7. The molecule has 7 nitrogen and oxygen atoms in total. The lowest BCUT2D eigenvalue weighted by Gasteiger charge is -2.15. The largest absolute Gasteiger partial charge is 0.452 e. The summed E-state index contributed by atoms with van der Waals surface area (Å²) in [6.07, 6.45) is 1.15. The smallest absolute Gasteiger partial charge is 0.427 e. The minimum atomic E-state index is -3.41. The van der Waals surface area contributed by atoms with Crippen LogP contribution in [0, 0.1) is 0 Å². The molecule has 0 aliphatic carbocycles. The fourth-order valence-corrected chi connectivity index (χ4v) is 3.70. The molecule has 0 atom stereocenters. The van der Waals surface area contributed by atoms with Gasteiger partial charge in [0, 0.05) is 13.1 Å². The molecule has 1 aliphatic rings. The van der Waals surface area contributed by atoms with E-state index in [0.29, 0.717) is 18.8 Å². The molecule has 0 bridgehead atoms. The molecule has 2 rings (SSSR count). The summed E-state index contributed by atoms with van der Waals surface area (Å²) in [5.41, 5.74) is 3.49.